The van der Waals surface area contributed by atoms with Gasteiger partial charge in [0.2, 0.25) is 5.91 Å². The number of H-pyrrole nitrogens is 1. The highest BCUT2D eigenvalue weighted by Crippen LogP contribution is 2.14. The van der Waals surface area contributed by atoms with Gasteiger partial charge in [0, 0.05) is 18.3 Å². The molecule has 3 nitrogen and oxygen atoms in total. The van der Waals surface area contributed by atoms with Crippen molar-refractivity contribution in [1.29, 1.82) is 0 Å². The second kappa shape index (κ2) is 6.43. The van der Waals surface area contributed by atoms with E-state index in [2.05, 4.69) is 10.3 Å². The van der Waals surface area contributed by atoms with Gasteiger partial charge in [-0.25, -0.2) is 4.39 Å². The van der Waals surface area contributed by atoms with Gasteiger partial charge in [0.1, 0.15) is 5.82 Å². The van der Waals surface area contributed by atoms with Gasteiger partial charge in [0.25, 0.3) is 0 Å². The van der Waals surface area contributed by atoms with Crippen molar-refractivity contribution in [3.63, 3.8) is 0 Å². The molecule has 2 aromatic carbocycles. The average molecular weight is 296 g/mol. The summed E-state index contributed by atoms with van der Waals surface area (Å²) in [6, 6.07) is 14.3. The molecule has 0 spiro atoms. The zero-order valence-electron chi connectivity index (χ0n) is 12.1. The SMILES string of the molecule is O=C(Cc1ccc2cc[nH]c2c1)NCCc1ccc(F)cc1. The van der Waals surface area contributed by atoms with E-state index < -0.39 is 0 Å². The minimum Gasteiger partial charge on any atom is -0.361 e. The standard InChI is InChI=1S/C18H17FN2O/c19-16-5-2-13(3-6-16)7-9-21-18(22)12-14-1-4-15-8-10-20-17(15)11-14/h1-6,8,10-11,20H,7,9,12H2,(H,21,22). The van der Waals surface area contributed by atoms with Crippen LogP contribution in [0, 0.1) is 5.82 Å². The van der Waals surface area contributed by atoms with Crippen LogP contribution in [0.1, 0.15) is 11.1 Å². The minimum atomic E-state index is -0.243. The van der Waals surface area contributed by atoms with E-state index >= 15 is 0 Å². The van der Waals surface area contributed by atoms with Gasteiger partial charge in [-0.15, -0.1) is 0 Å². The Morgan fingerprint density at radius 2 is 1.82 bits per heavy atom. The minimum absolute atomic E-state index is 0.00646. The zero-order valence-corrected chi connectivity index (χ0v) is 12.1. The smallest absolute Gasteiger partial charge is 0.224 e. The normalized spacial score (nSPS) is 10.8. The number of carbonyl (C=O) groups excluding carboxylic acids is 1. The van der Waals surface area contributed by atoms with E-state index in [-0.39, 0.29) is 11.7 Å². The predicted octanol–water partition coefficient (Wildman–Crippen LogP) is 3.21. The van der Waals surface area contributed by atoms with Gasteiger partial charge in [-0.05, 0) is 47.2 Å². The van der Waals surface area contributed by atoms with E-state index in [1.54, 1.807) is 12.1 Å². The number of aromatic nitrogens is 1. The maximum atomic E-state index is 12.8. The number of carbonyl (C=O) groups is 1. The van der Waals surface area contributed by atoms with Crippen LogP contribution in [0.5, 0.6) is 0 Å². The number of amides is 1. The number of rotatable bonds is 5. The van der Waals surface area contributed by atoms with Crippen molar-refractivity contribution in [2.75, 3.05) is 6.54 Å². The molecule has 112 valence electrons. The third kappa shape index (κ3) is 3.52. The Morgan fingerprint density at radius 1 is 1.05 bits per heavy atom. The lowest BCUT2D eigenvalue weighted by atomic mass is 10.1. The van der Waals surface area contributed by atoms with Crippen LogP contribution >= 0.6 is 0 Å². The molecule has 22 heavy (non-hydrogen) atoms. The first kappa shape index (κ1) is 14.3. The van der Waals surface area contributed by atoms with E-state index in [0.29, 0.717) is 19.4 Å². The molecule has 0 saturated carbocycles. The van der Waals surface area contributed by atoms with Crippen molar-refractivity contribution >= 4 is 16.8 Å². The van der Waals surface area contributed by atoms with E-state index in [9.17, 15) is 9.18 Å². The summed E-state index contributed by atoms with van der Waals surface area (Å²) in [6.45, 7) is 0.551. The Bertz CT molecular complexity index is 777. The number of hydrogen-bond acceptors (Lipinski definition) is 1. The van der Waals surface area contributed by atoms with Gasteiger partial charge in [0.15, 0.2) is 0 Å². The summed E-state index contributed by atoms with van der Waals surface area (Å²) in [5.74, 6) is -0.250. The molecule has 3 rings (SSSR count). The van der Waals surface area contributed by atoms with Crippen molar-refractivity contribution in [3.05, 3.63) is 71.7 Å². The maximum absolute atomic E-state index is 12.8. The van der Waals surface area contributed by atoms with Crippen LogP contribution in [0.4, 0.5) is 4.39 Å². The lowest BCUT2D eigenvalue weighted by Gasteiger charge is -2.06. The molecule has 0 aliphatic rings. The van der Waals surface area contributed by atoms with Gasteiger partial charge in [-0.1, -0.05) is 24.3 Å². The Kier molecular flexibility index (Phi) is 4.19. The fourth-order valence-corrected chi connectivity index (χ4v) is 2.45. The van der Waals surface area contributed by atoms with Crippen LogP contribution in [0.15, 0.2) is 54.7 Å². The average Bonchev–Trinajstić information content (AvgIpc) is 2.97. The first-order chi connectivity index (χ1) is 10.7. The molecular weight excluding hydrogens is 279 g/mol. The van der Waals surface area contributed by atoms with E-state index in [0.717, 1.165) is 22.0 Å². The van der Waals surface area contributed by atoms with E-state index in [4.69, 9.17) is 0 Å². The van der Waals surface area contributed by atoms with Gasteiger partial charge >= 0.3 is 0 Å². The fraction of sp³-hybridized carbons (Fsp3) is 0.167. The molecular formula is C18H17FN2O. The number of benzene rings is 2. The molecule has 3 aromatic rings. The molecule has 0 bridgehead atoms. The van der Waals surface area contributed by atoms with Crippen LogP contribution in [-0.4, -0.2) is 17.4 Å². The maximum Gasteiger partial charge on any atom is 0.224 e. The van der Waals surface area contributed by atoms with Crippen molar-refractivity contribution in [2.45, 2.75) is 12.8 Å². The Hall–Kier alpha value is -2.62. The Labute approximate surface area is 128 Å². The molecule has 0 atom stereocenters. The number of halogens is 1. The number of nitrogens with one attached hydrogen (secondary N) is 2. The summed E-state index contributed by atoms with van der Waals surface area (Å²) in [6.07, 6.45) is 2.94. The molecule has 1 aromatic heterocycles. The first-order valence-corrected chi connectivity index (χ1v) is 7.28. The summed E-state index contributed by atoms with van der Waals surface area (Å²) < 4.78 is 12.8. The molecule has 0 radical (unpaired) electrons. The molecule has 2 N–H and O–H groups in total. The molecule has 1 heterocycles. The molecule has 1 amide bonds. The van der Waals surface area contributed by atoms with Crippen LogP contribution in [0.2, 0.25) is 0 Å². The van der Waals surface area contributed by atoms with Crippen LogP contribution in [0.25, 0.3) is 10.9 Å². The molecule has 4 heteroatoms. The van der Waals surface area contributed by atoms with Gasteiger partial charge in [-0.3, -0.25) is 4.79 Å². The summed E-state index contributed by atoms with van der Waals surface area (Å²) in [4.78, 5) is 15.1. The highest BCUT2D eigenvalue weighted by molar-refractivity contribution is 5.83. The van der Waals surface area contributed by atoms with Crippen LogP contribution in [-0.2, 0) is 17.6 Å². The van der Waals surface area contributed by atoms with Gasteiger partial charge < -0.3 is 10.3 Å². The molecule has 0 aliphatic heterocycles. The highest BCUT2D eigenvalue weighted by Gasteiger charge is 2.04. The van der Waals surface area contributed by atoms with Crippen molar-refractivity contribution < 1.29 is 9.18 Å². The molecule has 0 aliphatic carbocycles. The van der Waals surface area contributed by atoms with E-state index in [1.165, 1.54) is 12.1 Å². The second-order valence-electron chi connectivity index (χ2n) is 5.30. The lowest BCUT2D eigenvalue weighted by molar-refractivity contribution is -0.120. The lowest BCUT2D eigenvalue weighted by Crippen LogP contribution is -2.27. The second-order valence-corrected chi connectivity index (χ2v) is 5.30. The van der Waals surface area contributed by atoms with Crippen molar-refractivity contribution in [2.24, 2.45) is 0 Å². The highest BCUT2D eigenvalue weighted by atomic mass is 19.1. The summed E-state index contributed by atoms with van der Waals surface area (Å²) in [5, 5.41) is 4.03. The number of hydrogen-bond donors (Lipinski definition) is 2. The fourth-order valence-electron chi connectivity index (χ4n) is 2.45. The predicted molar refractivity (Wildman–Crippen MR) is 85.1 cm³/mol. The largest absolute Gasteiger partial charge is 0.361 e. The Balaban J connectivity index is 1.50. The van der Waals surface area contributed by atoms with Gasteiger partial charge in [-0.2, -0.15) is 0 Å². The molecule has 0 unspecified atom stereocenters. The van der Waals surface area contributed by atoms with Crippen molar-refractivity contribution in [1.82, 2.24) is 10.3 Å². The van der Waals surface area contributed by atoms with E-state index in [1.807, 2.05) is 30.5 Å². The van der Waals surface area contributed by atoms with Crippen molar-refractivity contribution in [3.8, 4) is 0 Å². The number of fused-ring (bicyclic) bond motifs is 1. The molecule has 0 saturated heterocycles. The third-order valence-corrected chi connectivity index (χ3v) is 3.63. The monoisotopic (exact) mass is 296 g/mol. The van der Waals surface area contributed by atoms with Crippen LogP contribution < -0.4 is 5.32 Å². The third-order valence-electron chi connectivity index (χ3n) is 3.63. The quantitative estimate of drug-likeness (QED) is 0.746. The summed E-state index contributed by atoms with van der Waals surface area (Å²) >= 11 is 0. The summed E-state index contributed by atoms with van der Waals surface area (Å²) in [7, 11) is 0. The zero-order chi connectivity index (χ0) is 15.4. The summed E-state index contributed by atoms with van der Waals surface area (Å²) in [5.41, 5.74) is 3.03. The first-order valence-electron chi connectivity index (χ1n) is 7.28. The topological polar surface area (TPSA) is 44.9 Å². The Morgan fingerprint density at radius 3 is 2.64 bits per heavy atom. The van der Waals surface area contributed by atoms with Crippen LogP contribution in [0.3, 0.4) is 0 Å². The number of aromatic amines is 1. The molecule has 0 fully saturated rings. The van der Waals surface area contributed by atoms with Gasteiger partial charge in [0.05, 0.1) is 6.42 Å².